The molecule has 94 valence electrons. The van der Waals surface area contributed by atoms with Gasteiger partial charge in [0.25, 0.3) is 0 Å². The van der Waals surface area contributed by atoms with Crippen LogP contribution in [0.15, 0.2) is 0 Å². The number of nitrogens with zero attached hydrogens (tertiary/aromatic N) is 1. The van der Waals surface area contributed by atoms with E-state index in [9.17, 15) is 0 Å². The van der Waals surface area contributed by atoms with Crippen molar-refractivity contribution < 1.29 is 4.74 Å². The molecule has 0 aromatic carbocycles. The highest BCUT2D eigenvalue weighted by Gasteiger charge is 2.35. The van der Waals surface area contributed by atoms with Gasteiger partial charge in [-0.05, 0) is 26.8 Å². The Morgan fingerprint density at radius 2 is 2.12 bits per heavy atom. The quantitative estimate of drug-likeness (QED) is 0.775. The van der Waals surface area contributed by atoms with Gasteiger partial charge in [-0.25, -0.2) is 0 Å². The second-order valence-corrected chi connectivity index (χ2v) is 6.41. The van der Waals surface area contributed by atoms with Crippen LogP contribution in [-0.4, -0.2) is 43.4 Å². The standard InChI is InChI=1S/C13H26N2O/c1-10(2)15-6-5-11(7-15)12-14-8-13(3,4)9-16-12/h10-12,14H,5-9H2,1-4H3. The molecule has 2 heterocycles. The van der Waals surface area contributed by atoms with E-state index in [4.69, 9.17) is 4.74 Å². The zero-order valence-electron chi connectivity index (χ0n) is 11.1. The van der Waals surface area contributed by atoms with E-state index in [1.54, 1.807) is 0 Å². The first-order chi connectivity index (χ1) is 7.48. The number of rotatable bonds is 2. The normalized spacial score (nSPS) is 35.8. The van der Waals surface area contributed by atoms with E-state index in [1.807, 2.05) is 0 Å². The summed E-state index contributed by atoms with van der Waals surface area (Å²) in [5.74, 6) is 0.679. The highest BCUT2D eigenvalue weighted by Crippen LogP contribution is 2.27. The average molecular weight is 226 g/mol. The number of hydrogen-bond acceptors (Lipinski definition) is 3. The van der Waals surface area contributed by atoms with E-state index in [-0.39, 0.29) is 6.23 Å². The second kappa shape index (κ2) is 4.63. The Morgan fingerprint density at radius 1 is 1.38 bits per heavy atom. The molecule has 0 amide bonds. The van der Waals surface area contributed by atoms with Crippen LogP contribution in [0.2, 0.25) is 0 Å². The molecule has 2 rings (SSSR count). The summed E-state index contributed by atoms with van der Waals surface area (Å²) in [7, 11) is 0. The van der Waals surface area contributed by atoms with Crippen molar-refractivity contribution in [1.82, 2.24) is 10.2 Å². The minimum atomic E-state index is 0.289. The molecule has 0 radical (unpaired) electrons. The Balaban J connectivity index is 1.82. The summed E-state index contributed by atoms with van der Waals surface area (Å²) in [4.78, 5) is 2.55. The van der Waals surface area contributed by atoms with Gasteiger partial charge in [0, 0.05) is 30.5 Å². The molecule has 0 aromatic rings. The molecule has 3 heteroatoms. The molecule has 1 N–H and O–H groups in total. The summed E-state index contributed by atoms with van der Waals surface area (Å²) >= 11 is 0. The Morgan fingerprint density at radius 3 is 2.62 bits per heavy atom. The summed E-state index contributed by atoms with van der Waals surface area (Å²) in [5, 5.41) is 3.56. The van der Waals surface area contributed by atoms with Crippen molar-refractivity contribution >= 4 is 0 Å². The SMILES string of the molecule is CC(C)N1CCC(C2NCC(C)(C)CO2)C1. The van der Waals surface area contributed by atoms with E-state index in [0.29, 0.717) is 17.4 Å². The van der Waals surface area contributed by atoms with Crippen molar-refractivity contribution in [2.45, 2.75) is 46.4 Å². The Kier molecular flexibility index (Phi) is 3.57. The smallest absolute Gasteiger partial charge is 0.112 e. The van der Waals surface area contributed by atoms with Gasteiger partial charge in [-0.2, -0.15) is 0 Å². The molecule has 0 aromatic heterocycles. The molecule has 0 aliphatic carbocycles. The Bertz CT molecular complexity index is 230. The van der Waals surface area contributed by atoms with Crippen LogP contribution in [0.3, 0.4) is 0 Å². The maximum Gasteiger partial charge on any atom is 0.112 e. The first-order valence-corrected chi connectivity index (χ1v) is 6.57. The lowest BCUT2D eigenvalue weighted by Crippen LogP contribution is -2.51. The fraction of sp³-hybridized carbons (Fsp3) is 1.00. The summed E-state index contributed by atoms with van der Waals surface area (Å²) in [5.41, 5.74) is 0.298. The second-order valence-electron chi connectivity index (χ2n) is 6.41. The minimum Gasteiger partial charge on any atom is -0.362 e. The molecule has 0 bridgehead atoms. The fourth-order valence-corrected chi connectivity index (χ4v) is 2.64. The fourth-order valence-electron chi connectivity index (χ4n) is 2.64. The van der Waals surface area contributed by atoms with Crippen LogP contribution in [0.4, 0.5) is 0 Å². The van der Waals surface area contributed by atoms with Crippen LogP contribution in [0.5, 0.6) is 0 Å². The van der Waals surface area contributed by atoms with Gasteiger partial charge in [0.15, 0.2) is 0 Å². The molecule has 2 unspecified atom stereocenters. The minimum absolute atomic E-state index is 0.289. The van der Waals surface area contributed by atoms with Gasteiger partial charge >= 0.3 is 0 Å². The van der Waals surface area contributed by atoms with E-state index >= 15 is 0 Å². The van der Waals surface area contributed by atoms with Crippen LogP contribution in [-0.2, 0) is 4.74 Å². The van der Waals surface area contributed by atoms with Gasteiger partial charge in [0.05, 0.1) is 6.61 Å². The highest BCUT2D eigenvalue weighted by molar-refractivity contribution is 4.86. The first kappa shape index (κ1) is 12.3. The third-order valence-electron chi connectivity index (χ3n) is 3.85. The van der Waals surface area contributed by atoms with Crippen LogP contribution in [0.25, 0.3) is 0 Å². The Hall–Kier alpha value is -0.120. The highest BCUT2D eigenvalue weighted by atomic mass is 16.5. The van der Waals surface area contributed by atoms with E-state index < -0.39 is 0 Å². The van der Waals surface area contributed by atoms with Crippen molar-refractivity contribution in [2.75, 3.05) is 26.2 Å². The molecule has 0 saturated carbocycles. The zero-order chi connectivity index (χ0) is 11.8. The lowest BCUT2D eigenvalue weighted by Gasteiger charge is -2.38. The topological polar surface area (TPSA) is 24.5 Å². The molecule has 2 atom stereocenters. The van der Waals surface area contributed by atoms with Crippen molar-refractivity contribution in [3.05, 3.63) is 0 Å². The molecular weight excluding hydrogens is 200 g/mol. The monoisotopic (exact) mass is 226 g/mol. The lowest BCUT2D eigenvalue weighted by molar-refractivity contribution is -0.0829. The molecule has 3 nitrogen and oxygen atoms in total. The predicted molar refractivity (Wildman–Crippen MR) is 66.3 cm³/mol. The number of nitrogens with one attached hydrogen (secondary N) is 1. The summed E-state index contributed by atoms with van der Waals surface area (Å²) in [6.45, 7) is 13.5. The maximum absolute atomic E-state index is 5.97. The molecule has 0 spiro atoms. The predicted octanol–water partition coefficient (Wildman–Crippen LogP) is 1.69. The largest absolute Gasteiger partial charge is 0.362 e. The van der Waals surface area contributed by atoms with Gasteiger partial charge in [-0.15, -0.1) is 0 Å². The molecular formula is C13H26N2O. The van der Waals surface area contributed by atoms with E-state index in [0.717, 1.165) is 13.2 Å². The third kappa shape index (κ3) is 2.76. The van der Waals surface area contributed by atoms with Crippen molar-refractivity contribution in [1.29, 1.82) is 0 Å². The van der Waals surface area contributed by atoms with Gasteiger partial charge in [0.1, 0.15) is 6.23 Å². The third-order valence-corrected chi connectivity index (χ3v) is 3.85. The van der Waals surface area contributed by atoms with Gasteiger partial charge in [-0.1, -0.05) is 13.8 Å². The number of hydrogen-bond donors (Lipinski definition) is 1. The van der Waals surface area contributed by atoms with Crippen molar-refractivity contribution in [3.63, 3.8) is 0 Å². The van der Waals surface area contributed by atoms with Crippen LogP contribution < -0.4 is 5.32 Å². The molecule has 2 aliphatic heterocycles. The zero-order valence-corrected chi connectivity index (χ0v) is 11.1. The number of ether oxygens (including phenoxy) is 1. The van der Waals surface area contributed by atoms with Crippen molar-refractivity contribution in [3.8, 4) is 0 Å². The molecule has 2 saturated heterocycles. The lowest BCUT2D eigenvalue weighted by atomic mass is 9.92. The molecule has 16 heavy (non-hydrogen) atoms. The van der Waals surface area contributed by atoms with E-state index in [1.165, 1.54) is 19.5 Å². The summed E-state index contributed by atoms with van der Waals surface area (Å²) in [6.07, 6.45) is 1.56. The number of likely N-dealkylation sites (tertiary alicyclic amines) is 1. The van der Waals surface area contributed by atoms with Gasteiger partial charge < -0.3 is 9.64 Å². The average Bonchev–Trinajstić information content (AvgIpc) is 2.66. The molecule has 2 aliphatic rings. The van der Waals surface area contributed by atoms with Crippen molar-refractivity contribution in [2.24, 2.45) is 11.3 Å². The van der Waals surface area contributed by atoms with Crippen LogP contribution in [0, 0.1) is 11.3 Å². The Labute approximate surface area is 99.5 Å². The first-order valence-electron chi connectivity index (χ1n) is 6.57. The summed E-state index contributed by atoms with van der Waals surface area (Å²) < 4.78 is 5.97. The summed E-state index contributed by atoms with van der Waals surface area (Å²) in [6, 6.07) is 0.671. The van der Waals surface area contributed by atoms with Gasteiger partial charge in [-0.3, -0.25) is 5.32 Å². The maximum atomic E-state index is 5.97. The van der Waals surface area contributed by atoms with Crippen LogP contribution in [0.1, 0.15) is 34.1 Å². The van der Waals surface area contributed by atoms with E-state index in [2.05, 4.69) is 37.9 Å². The molecule has 2 fully saturated rings. The van der Waals surface area contributed by atoms with Crippen LogP contribution >= 0.6 is 0 Å². The van der Waals surface area contributed by atoms with Gasteiger partial charge in [0.2, 0.25) is 0 Å².